The Morgan fingerprint density at radius 2 is 2.11 bits per heavy atom. The zero-order valence-corrected chi connectivity index (χ0v) is 10.8. The molecule has 0 saturated carbocycles. The zero-order valence-electron chi connectivity index (χ0n) is 9.96. The molecule has 9 heteroatoms. The Bertz CT molecular complexity index is 421. The van der Waals surface area contributed by atoms with Gasteiger partial charge >= 0.3 is 22.3 Å². The lowest BCUT2D eigenvalue weighted by Crippen LogP contribution is -2.53. The summed E-state index contributed by atoms with van der Waals surface area (Å²) in [5.74, 6) is -1.22. The van der Waals surface area contributed by atoms with Crippen molar-refractivity contribution in [3.8, 4) is 0 Å². The van der Waals surface area contributed by atoms with Gasteiger partial charge in [0.2, 0.25) is 0 Å². The van der Waals surface area contributed by atoms with Crippen LogP contribution < -0.4 is 4.72 Å². The molecule has 0 aromatic heterocycles. The first-order chi connectivity index (χ1) is 8.38. The first kappa shape index (κ1) is 14.7. The second kappa shape index (κ2) is 6.01. The highest BCUT2D eigenvalue weighted by Crippen LogP contribution is 2.19. The van der Waals surface area contributed by atoms with Gasteiger partial charge in [-0.25, -0.2) is 9.52 Å². The molecule has 18 heavy (non-hydrogen) atoms. The Hall–Kier alpha value is -1.35. The number of rotatable bonds is 4. The van der Waals surface area contributed by atoms with Gasteiger partial charge in [0.05, 0.1) is 6.61 Å². The smallest absolute Gasteiger partial charge is 0.421 e. The van der Waals surface area contributed by atoms with Gasteiger partial charge in [-0.3, -0.25) is 4.79 Å². The molecule has 8 nitrogen and oxygen atoms in total. The summed E-state index contributed by atoms with van der Waals surface area (Å²) < 4.78 is 30.6. The molecule has 0 bridgehead atoms. The number of nitrogens with one attached hydrogen (secondary N) is 1. The fraction of sp³-hybridized carbons (Fsp3) is 0.778. The van der Waals surface area contributed by atoms with E-state index in [1.165, 1.54) is 6.92 Å². The van der Waals surface area contributed by atoms with E-state index in [4.69, 9.17) is 5.11 Å². The van der Waals surface area contributed by atoms with Crippen molar-refractivity contribution in [1.29, 1.82) is 0 Å². The molecule has 1 aliphatic rings. The van der Waals surface area contributed by atoms with Crippen molar-refractivity contribution < 1.29 is 27.9 Å². The third kappa shape index (κ3) is 3.57. The lowest BCUT2D eigenvalue weighted by atomic mass is 10.1. The highest BCUT2D eigenvalue weighted by Gasteiger charge is 2.37. The maximum absolute atomic E-state index is 11.8. The van der Waals surface area contributed by atoms with Crippen LogP contribution in [0.5, 0.6) is 0 Å². The van der Waals surface area contributed by atoms with Gasteiger partial charge in [-0.15, -0.1) is 0 Å². The SMILES string of the molecule is CCOC(=O)NS(=O)(=O)N1CCCC[C@H]1C(=O)O. The van der Waals surface area contributed by atoms with Gasteiger partial charge < -0.3 is 9.84 Å². The van der Waals surface area contributed by atoms with Crippen LogP contribution in [0.15, 0.2) is 0 Å². The Morgan fingerprint density at radius 3 is 2.67 bits per heavy atom. The summed E-state index contributed by atoms with van der Waals surface area (Å²) in [5, 5.41) is 8.96. The molecule has 2 N–H and O–H groups in total. The van der Waals surface area contributed by atoms with Gasteiger partial charge in [-0.2, -0.15) is 12.7 Å². The van der Waals surface area contributed by atoms with Crippen molar-refractivity contribution in [2.75, 3.05) is 13.2 Å². The van der Waals surface area contributed by atoms with E-state index < -0.39 is 28.3 Å². The van der Waals surface area contributed by atoms with Gasteiger partial charge in [-0.1, -0.05) is 0 Å². The first-order valence-electron chi connectivity index (χ1n) is 5.57. The molecule has 1 amide bonds. The number of carboxylic acid groups (broad SMARTS) is 1. The van der Waals surface area contributed by atoms with E-state index in [1.807, 2.05) is 0 Å². The number of piperidine rings is 1. The van der Waals surface area contributed by atoms with Crippen LogP contribution in [0.3, 0.4) is 0 Å². The third-order valence-corrected chi connectivity index (χ3v) is 4.01. The fourth-order valence-corrected chi connectivity index (χ4v) is 3.05. The molecule has 104 valence electrons. The molecule has 0 aromatic rings. The van der Waals surface area contributed by atoms with Crippen LogP contribution in [-0.2, 0) is 19.7 Å². The minimum atomic E-state index is -4.17. The average Bonchev–Trinajstić information content (AvgIpc) is 2.28. The normalized spacial score (nSPS) is 21.3. The molecule has 1 fully saturated rings. The predicted molar refractivity (Wildman–Crippen MR) is 61.1 cm³/mol. The van der Waals surface area contributed by atoms with Gasteiger partial charge in [0, 0.05) is 6.54 Å². The maximum atomic E-state index is 11.8. The number of ether oxygens (including phenoxy) is 1. The molecule has 0 aromatic carbocycles. The van der Waals surface area contributed by atoms with Crippen LogP contribution in [0.25, 0.3) is 0 Å². The number of aliphatic carboxylic acids is 1. The molecule has 0 radical (unpaired) electrons. The second-order valence-corrected chi connectivity index (χ2v) is 5.41. The van der Waals surface area contributed by atoms with Crippen LogP contribution in [0.4, 0.5) is 4.79 Å². The largest absolute Gasteiger partial charge is 0.480 e. The van der Waals surface area contributed by atoms with E-state index in [2.05, 4.69) is 4.74 Å². The molecule has 0 unspecified atom stereocenters. The van der Waals surface area contributed by atoms with E-state index in [-0.39, 0.29) is 19.6 Å². The second-order valence-electron chi connectivity index (χ2n) is 3.79. The van der Waals surface area contributed by atoms with Crippen LogP contribution in [0, 0.1) is 0 Å². The molecular formula is C9H16N2O6S. The molecule has 0 aliphatic carbocycles. The third-order valence-electron chi connectivity index (χ3n) is 2.54. The van der Waals surface area contributed by atoms with Crippen molar-refractivity contribution in [3.05, 3.63) is 0 Å². The minimum absolute atomic E-state index is 0.0315. The van der Waals surface area contributed by atoms with E-state index in [0.29, 0.717) is 12.8 Å². The van der Waals surface area contributed by atoms with E-state index >= 15 is 0 Å². The zero-order chi connectivity index (χ0) is 13.8. The van der Waals surface area contributed by atoms with Crippen molar-refractivity contribution >= 4 is 22.3 Å². The molecule has 0 spiro atoms. The molecule has 1 atom stereocenters. The van der Waals surface area contributed by atoms with Gasteiger partial charge in [0.25, 0.3) is 0 Å². The maximum Gasteiger partial charge on any atom is 0.421 e. The van der Waals surface area contributed by atoms with Crippen LogP contribution >= 0.6 is 0 Å². The number of carbonyl (C=O) groups excluding carboxylic acids is 1. The van der Waals surface area contributed by atoms with Crippen LogP contribution in [0.1, 0.15) is 26.2 Å². The Morgan fingerprint density at radius 1 is 1.44 bits per heavy atom. The van der Waals surface area contributed by atoms with Crippen molar-refractivity contribution in [2.24, 2.45) is 0 Å². The number of hydrogen-bond donors (Lipinski definition) is 2. The quantitative estimate of drug-likeness (QED) is 0.744. The standard InChI is InChI=1S/C9H16N2O6S/c1-2-17-9(14)10-18(15,16)11-6-4-3-5-7(11)8(12)13/h7H,2-6H2,1H3,(H,10,14)(H,12,13)/t7-/m0/s1. The van der Waals surface area contributed by atoms with Crippen molar-refractivity contribution in [3.63, 3.8) is 0 Å². The lowest BCUT2D eigenvalue weighted by Gasteiger charge is -2.31. The molecular weight excluding hydrogens is 264 g/mol. The van der Waals surface area contributed by atoms with Crippen molar-refractivity contribution in [1.82, 2.24) is 9.03 Å². The monoisotopic (exact) mass is 280 g/mol. The Balaban J connectivity index is 2.81. The van der Waals surface area contributed by atoms with Gasteiger partial charge in [0.1, 0.15) is 6.04 Å². The molecule has 1 aliphatic heterocycles. The average molecular weight is 280 g/mol. The summed E-state index contributed by atoms with van der Waals surface area (Å²) in [6.07, 6.45) is 0.335. The molecule has 1 heterocycles. The number of nitrogens with zero attached hydrogens (tertiary/aromatic N) is 1. The van der Waals surface area contributed by atoms with Gasteiger partial charge in [0.15, 0.2) is 0 Å². The molecule has 1 rings (SSSR count). The van der Waals surface area contributed by atoms with E-state index in [0.717, 1.165) is 4.31 Å². The van der Waals surface area contributed by atoms with Crippen molar-refractivity contribution in [2.45, 2.75) is 32.2 Å². The molecule has 1 saturated heterocycles. The lowest BCUT2D eigenvalue weighted by molar-refractivity contribution is -0.142. The highest BCUT2D eigenvalue weighted by molar-refractivity contribution is 7.87. The summed E-state index contributed by atoms with van der Waals surface area (Å²) >= 11 is 0. The fourth-order valence-electron chi connectivity index (χ4n) is 1.76. The first-order valence-corrected chi connectivity index (χ1v) is 7.01. The summed E-state index contributed by atoms with van der Waals surface area (Å²) in [6, 6.07) is -1.13. The highest BCUT2D eigenvalue weighted by atomic mass is 32.2. The topological polar surface area (TPSA) is 113 Å². The predicted octanol–water partition coefficient (Wildman–Crippen LogP) is -0.0836. The Kier molecular flexibility index (Phi) is 4.91. The summed E-state index contributed by atoms with van der Waals surface area (Å²) in [6.45, 7) is 1.64. The minimum Gasteiger partial charge on any atom is -0.480 e. The summed E-state index contributed by atoms with van der Waals surface area (Å²) in [5.41, 5.74) is 0. The number of carboxylic acids is 1. The summed E-state index contributed by atoms with van der Waals surface area (Å²) in [7, 11) is -4.17. The number of carbonyl (C=O) groups is 2. The van der Waals surface area contributed by atoms with Gasteiger partial charge in [-0.05, 0) is 26.2 Å². The van der Waals surface area contributed by atoms with E-state index in [1.54, 1.807) is 4.72 Å². The number of amides is 1. The van der Waals surface area contributed by atoms with E-state index in [9.17, 15) is 18.0 Å². The summed E-state index contributed by atoms with van der Waals surface area (Å²) in [4.78, 5) is 22.1. The van der Waals surface area contributed by atoms with Crippen LogP contribution in [-0.4, -0.2) is 49.1 Å². The number of hydrogen-bond acceptors (Lipinski definition) is 5. The Labute approximate surface area is 105 Å². The van der Waals surface area contributed by atoms with Crippen LogP contribution in [0.2, 0.25) is 0 Å².